The molecule has 0 bridgehead atoms. The fourth-order valence-electron chi connectivity index (χ4n) is 1.77. The van der Waals surface area contributed by atoms with E-state index in [2.05, 4.69) is 5.32 Å². The Labute approximate surface area is 128 Å². The summed E-state index contributed by atoms with van der Waals surface area (Å²) < 4.78 is 10.5. The zero-order valence-corrected chi connectivity index (χ0v) is 12.6. The molecule has 0 aliphatic carbocycles. The van der Waals surface area contributed by atoms with Crippen molar-refractivity contribution in [3.63, 3.8) is 0 Å². The zero-order valence-electron chi connectivity index (χ0n) is 11.9. The Hall–Kier alpha value is -2.20. The van der Waals surface area contributed by atoms with Crippen LogP contribution in [-0.4, -0.2) is 19.6 Å². The highest BCUT2D eigenvalue weighted by Gasteiger charge is 2.07. The maximum absolute atomic E-state index is 11.9. The molecule has 110 valence electrons. The fraction of sp³-hybridized carbons (Fsp3) is 0.188. The van der Waals surface area contributed by atoms with E-state index in [9.17, 15) is 4.79 Å². The lowest BCUT2D eigenvalue weighted by Crippen LogP contribution is -2.20. The van der Waals surface area contributed by atoms with E-state index in [0.717, 1.165) is 5.56 Å². The van der Waals surface area contributed by atoms with Gasteiger partial charge in [0, 0.05) is 16.8 Å². The van der Waals surface area contributed by atoms with Crippen LogP contribution >= 0.6 is 11.6 Å². The van der Waals surface area contributed by atoms with Gasteiger partial charge in [0.05, 0.1) is 7.11 Å². The number of carbonyl (C=O) groups excluding carboxylic acids is 1. The van der Waals surface area contributed by atoms with Gasteiger partial charge in [-0.3, -0.25) is 4.79 Å². The minimum Gasteiger partial charge on any atom is -0.497 e. The minimum absolute atomic E-state index is 0.0842. The molecule has 0 aliphatic rings. The number of rotatable bonds is 5. The summed E-state index contributed by atoms with van der Waals surface area (Å²) >= 11 is 6.01. The quantitative estimate of drug-likeness (QED) is 0.916. The van der Waals surface area contributed by atoms with Crippen molar-refractivity contribution in [3.05, 3.63) is 53.1 Å². The van der Waals surface area contributed by atoms with E-state index >= 15 is 0 Å². The Kier molecular flexibility index (Phi) is 5.06. The minimum atomic E-state index is -0.247. The molecule has 0 saturated carbocycles. The fourth-order valence-corrected chi connectivity index (χ4v) is 1.94. The summed E-state index contributed by atoms with van der Waals surface area (Å²) in [5.74, 6) is 1.01. The van der Waals surface area contributed by atoms with Crippen LogP contribution in [-0.2, 0) is 4.79 Å². The van der Waals surface area contributed by atoms with E-state index in [0.29, 0.717) is 22.2 Å². The molecular weight excluding hydrogens is 290 g/mol. The number of halogens is 1. The second-order valence-corrected chi connectivity index (χ2v) is 4.84. The number of anilines is 1. The number of ether oxygens (including phenoxy) is 2. The highest BCUT2D eigenvalue weighted by molar-refractivity contribution is 6.31. The molecule has 5 heteroatoms. The van der Waals surface area contributed by atoms with E-state index in [4.69, 9.17) is 21.1 Å². The van der Waals surface area contributed by atoms with E-state index in [1.807, 2.05) is 13.0 Å². The van der Waals surface area contributed by atoms with Crippen LogP contribution in [0.5, 0.6) is 11.5 Å². The molecule has 2 rings (SSSR count). The lowest BCUT2D eigenvalue weighted by molar-refractivity contribution is -0.118. The third-order valence-corrected chi connectivity index (χ3v) is 3.36. The van der Waals surface area contributed by atoms with Crippen molar-refractivity contribution in [1.29, 1.82) is 0 Å². The highest BCUT2D eigenvalue weighted by atomic mass is 35.5. The number of carbonyl (C=O) groups is 1. The lowest BCUT2D eigenvalue weighted by atomic mass is 10.2. The van der Waals surface area contributed by atoms with Gasteiger partial charge in [0.15, 0.2) is 6.61 Å². The van der Waals surface area contributed by atoms with Crippen molar-refractivity contribution in [1.82, 2.24) is 0 Å². The molecule has 0 aliphatic heterocycles. The Morgan fingerprint density at radius 2 is 1.90 bits per heavy atom. The first kappa shape index (κ1) is 15.2. The van der Waals surface area contributed by atoms with Gasteiger partial charge in [0.2, 0.25) is 0 Å². The molecule has 1 amide bonds. The van der Waals surface area contributed by atoms with Crippen LogP contribution < -0.4 is 14.8 Å². The third-order valence-electron chi connectivity index (χ3n) is 2.95. The van der Waals surface area contributed by atoms with Crippen molar-refractivity contribution in [2.75, 3.05) is 19.0 Å². The molecule has 2 aromatic rings. The SMILES string of the molecule is COc1cccc(OCC(=O)Nc2cccc(Cl)c2C)c1. The number of hydrogen-bond donors (Lipinski definition) is 1. The van der Waals surface area contributed by atoms with E-state index in [1.54, 1.807) is 43.5 Å². The molecule has 1 N–H and O–H groups in total. The molecule has 0 atom stereocenters. The average molecular weight is 306 g/mol. The van der Waals surface area contributed by atoms with Crippen molar-refractivity contribution in [2.24, 2.45) is 0 Å². The molecule has 0 aromatic heterocycles. The van der Waals surface area contributed by atoms with Crippen LogP contribution in [0, 0.1) is 6.92 Å². The van der Waals surface area contributed by atoms with Gasteiger partial charge in [-0.05, 0) is 36.8 Å². The zero-order chi connectivity index (χ0) is 15.2. The van der Waals surface area contributed by atoms with Gasteiger partial charge in [0.25, 0.3) is 5.91 Å². The smallest absolute Gasteiger partial charge is 0.262 e. The van der Waals surface area contributed by atoms with Gasteiger partial charge < -0.3 is 14.8 Å². The summed E-state index contributed by atoms with van der Waals surface area (Å²) in [6.07, 6.45) is 0. The van der Waals surface area contributed by atoms with Crippen LogP contribution in [0.1, 0.15) is 5.56 Å². The van der Waals surface area contributed by atoms with Crippen LogP contribution in [0.25, 0.3) is 0 Å². The van der Waals surface area contributed by atoms with E-state index in [-0.39, 0.29) is 12.5 Å². The maximum Gasteiger partial charge on any atom is 0.262 e. The normalized spacial score (nSPS) is 10.0. The first-order valence-corrected chi connectivity index (χ1v) is 6.80. The molecule has 2 aromatic carbocycles. The van der Waals surface area contributed by atoms with Crippen molar-refractivity contribution in [3.8, 4) is 11.5 Å². The van der Waals surface area contributed by atoms with Gasteiger partial charge in [-0.2, -0.15) is 0 Å². The highest BCUT2D eigenvalue weighted by Crippen LogP contribution is 2.23. The standard InChI is InChI=1S/C16H16ClNO3/c1-11-14(17)7-4-8-15(11)18-16(19)10-21-13-6-3-5-12(9-13)20-2/h3-9H,10H2,1-2H3,(H,18,19). The topological polar surface area (TPSA) is 47.6 Å². The van der Waals surface area contributed by atoms with Gasteiger partial charge in [0.1, 0.15) is 11.5 Å². The largest absolute Gasteiger partial charge is 0.497 e. The van der Waals surface area contributed by atoms with Crippen LogP contribution in [0.15, 0.2) is 42.5 Å². The molecule has 0 heterocycles. The number of methoxy groups -OCH3 is 1. The Morgan fingerprint density at radius 3 is 2.67 bits per heavy atom. The third kappa shape index (κ3) is 4.13. The van der Waals surface area contributed by atoms with Crippen LogP contribution in [0.3, 0.4) is 0 Å². The molecule has 0 spiro atoms. The lowest BCUT2D eigenvalue weighted by Gasteiger charge is -2.11. The Morgan fingerprint density at radius 1 is 1.19 bits per heavy atom. The summed E-state index contributed by atoms with van der Waals surface area (Å²) in [7, 11) is 1.58. The predicted octanol–water partition coefficient (Wildman–Crippen LogP) is 3.67. The predicted molar refractivity (Wildman–Crippen MR) is 83.3 cm³/mol. The monoisotopic (exact) mass is 305 g/mol. The Balaban J connectivity index is 1.94. The van der Waals surface area contributed by atoms with Gasteiger partial charge >= 0.3 is 0 Å². The summed E-state index contributed by atoms with van der Waals surface area (Å²) in [6.45, 7) is 1.76. The summed E-state index contributed by atoms with van der Waals surface area (Å²) in [5.41, 5.74) is 1.51. The second-order valence-electron chi connectivity index (χ2n) is 4.43. The second kappa shape index (κ2) is 6.99. The number of benzene rings is 2. The van der Waals surface area contributed by atoms with Crippen LogP contribution in [0.2, 0.25) is 5.02 Å². The number of hydrogen-bond acceptors (Lipinski definition) is 3. The Bertz CT molecular complexity index is 643. The van der Waals surface area contributed by atoms with Gasteiger partial charge in [-0.25, -0.2) is 0 Å². The van der Waals surface area contributed by atoms with Crippen molar-refractivity contribution < 1.29 is 14.3 Å². The summed E-state index contributed by atoms with van der Waals surface area (Å²) in [6, 6.07) is 12.5. The summed E-state index contributed by atoms with van der Waals surface area (Å²) in [5, 5.41) is 3.38. The molecule has 0 unspecified atom stereocenters. The number of amides is 1. The van der Waals surface area contributed by atoms with Gasteiger partial charge in [-0.1, -0.05) is 23.7 Å². The number of nitrogens with one attached hydrogen (secondary N) is 1. The van der Waals surface area contributed by atoms with E-state index < -0.39 is 0 Å². The first-order chi connectivity index (χ1) is 10.1. The molecule has 4 nitrogen and oxygen atoms in total. The van der Waals surface area contributed by atoms with Crippen LogP contribution in [0.4, 0.5) is 5.69 Å². The summed E-state index contributed by atoms with van der Waals surface area (Å²) in [4.78, 5) is 11.9. The van der Waals surface area contributed by atoms with Gasteiger partial charge in [-0.15, -0.1) is 0 Å². The molecule has 0 radical (unpaired) electrons. The van der Waals surface area contributed by atoms with Crippen molar-refractivity contribution in [2.45, 2.75) is 6.92 Å². The average Bonchev–Trinajstić information content (AvgIpc) is 2.50. The van der Waals surface area contributed by atoms with Crippen molar-refractivity contribution >= 4 is 23.2 Å². The molecular formula is C16H16ClNO3. The first-order valence-electron chi connectivity index (χ1n) is 6.42. The molecule has 21 heavy (non-hydrogen) atoms. The molecule has 0 fully saturated rings. The maximum atomic E-state index is 11.9. The van der Waals surface area contributed by atoms with E-state index in [1.165, 1.54) is 0 Å². The molecule has 0 saturated heterocycles.